The van der Waals surface area contributed by atoms with Crippen molar-refractivity contribution in [1.29, 1.82) is 0 Å². The van der Waals surface area contributed by atoms with Gasteiger partial charge in [-0.1, -0.05) is 19.2 Å². The summed E-state index contributed by atoms with van der Waals surface area (Å²) in [7, 11) is -5.26. The second-order valence-electron chi connectivity index (χ2n) is 4.98. The van der Waals surface area contributed by atoms with Gasteiger partial charge in [0.25, 0.3) is 5.56 Å². The van der Waals surface area contributed by atoms with Gasteiger partial charge in [-0.15, -0.1) is 0 Å². The maximum Gasteiger partial charge on any atom is 0.330 e. The Balaban J connectivity index is 0.00000312. The van der Waals surface area contributed by atoms with Crippen molar-refractivity contribution < 1.29 is 33.0 Å². The summed E-state index contributed by atoms with van der Waals surface area (Å²) in [5, 5.41) is 9.53. The number of halogens is 3. The largest absolute Gasteiger partial charge is 0.811 e. The molecule has 0 radical (unpaired) electrons. The molecule has 2 heterocycles. The highest BCUT2D eigenvalue weighted by Crippen LogP contribution is 2.44. The minimum Gasteiger partial charge on any atom is -0.811 e. The third-order valence-corrected chi connectivity index (χ3v) is 4.21. The van der Waals surface area contributed by atoms with Crippen LogP contribution in [-0.2, 0) is 9.30 Å². The van der Waals surface area contributed by atoms with Crippen molar-refractivity contribution >= 4 is 25.3 Å². The Morgan fingerprint density at radius 2 is 2.00 bits per heavy atom. The van der Waals surface area contributed by atoms with Crippen LogP contribution in [0.25, 0.3) is 6.08 Å². The second-order valence-corrected chi connectivity index (χ2v) is 6.82. The molecule has 1 saturated heterocycles. The molecule has 0 spiro atoms. The predicted octanol–water partition coefficient (Wildman–Crippen LogP) is -0.694. The number of aromatic nitrogens is 2. The average molecular weight is 423 g/mol. The van der Waals surface area contributed by atoms with Crippen molar-refractivity contribution in [1.82, 2.24) is 21.9 Å². The van der Waals surface area contributed by atoms with Gasteiger partial charge < -0.3 is 36.5 Å². The number of quaternary nitrogens is 2. The topological polar surface area (TPSA) is 221 Å². The zero-order valence-corrected chi connectivity index (χ0v) is 15.2. The fourth-order valence-corrected chi connectivity index (χ4v) is 3.06. The number of nitrogens with one attached hydrogen (secondary N) is 1. The quantitative estimate of drug-likeness (QED) is 0.456. The summed E-state index contributed by atoms with van der Waals surface area (Å²) in [6.45, 7) is 0. The van der Waals surface area contributed by atoms with E-state index in [1.54, 1.807) is 4.98 Å². The molecule has 1 aliphatic rings. The SMILES string of the molecule is O=c1[nH]c(=O)n([C@@H]2O[C@H](CP(=O)([O-])[O-])[C@@H](O)C2(F)F)cc1/C=C/Cl.[NH4+].[NH4+]. The van der Waals surface area contributed by atoms with Gasteiger partial charge in [-0.3, -0.25) is 14.3 Å². The van der Waals surface area contributed by atoms with Crippen LogP contribution < -0.4 is 33.3 Å². The lowest BCUT2D eigenvalue weighted by molar-refractivity contribution is -0.315. The molecule has 1 aliphatic heterocycles. The maximum absolute atomic E-state index is 14.1. The summed E-state index contributed by atoms with van der Waals surface area (Å²) in [5.74, 6) is -4.09. The number of alkyl halides is 2. The van der Waals surface area contributed by atoms with Crippen LogP contribution in [0.1, 0.15) is 11.8 Å². The molecule has 3 atom stereocenters. The van der Waals surface area contributed by atoms with E-state index in [2.05, 4.69) is 0 Å². The van der Waals surface area contributed by atoms with Crippen LogP contribution in [0.5, 0.6) is 0 Å². The normalized spacial score (nSPS) is 24.9. The first-order valence-electron chi connectivity index (χ1n) is 6.32. The van der Waals surface area contributed by atoms with Crippen LogP contribution in [-0.4, -0.2) is 38.9 Å². The Labute approximate surface area is 149 Å². The number of rotatable bonds is 4. The van der Waals surface area contributed by atoms with Crippen molar-refractivity contribution in [2.24, 2.45) is 0 Å². The fourth-order valence-electron chi connectivity index (χ4n) is 2.20. The Morgan fingerprint density at radius 3 is 2.50 bits per heavy atom. The zero-order valence-electron chi connectivity index (χ0n) is 13.6. The molecule has 11 nitrogen and oxygen atoms in total. The van der Waals surface area contributed by atoms with Crippen molar-refractivity contribution in [2.45, 2.75) is 24.4 Å². The number of aromatic amines is 1. The van der Waals surface area contributed by atoms with Gasteiger partial charge in [0.15, 0.2) is 0 Å². The molecule has 10 N–H and O–H groups in total. The van der Waals surface area contributed by atoms with Crippen molar-refractivity contribution in [3.8, 4) is 0 Å². The van der Waals surface area contributed by atoms with Crippen LogP contribution in [0.4, 0.5) is 8.78 Å². The molecule has 1 aromatic rings. The van der Waals surface area contributed by atoms with Gasteiger partial charge in [-0.2, -0.15) is 8.78 Å². The van der Waals surface area contributed by atoms with E-state index in [0.717, 1.165) is 11.6 Å². The number of aliphatic hydroxyl groups excluding tert-OH is 1. The second kappa shape index (κ2) is 8.50. The van der Waals surface area contributed by atoms with Crippen LogP contribution in [0, 0.1) is 0 Å². The van der Waals surface area contributed by atoms with E-state index in [1.807, 2.05) is 0 Å². The summed E-state index contributed by atoms with van der Waals surface area (Å²) in [6.07, 6.45) is -6.74. The molecule has 150 valence electrons. The fraction of sp³-hybridized carbons (Fsp3) is 0.455. The average Bonchev–Trinajstić information content (AvgIpc) is 2.64. The summed E-state index contributed by atoms with van der Waals surface area (Å²) in [6, 6.07) is 0. The van der Waals surface area contributed by atoms with Crippen molar-refractivity contribution in [3.05, 3.63) is 38.1 Å². The molecular formula is C11H18ClF2N4O7P. The molecule has 1 aromatic heterocycles. The molecule has 2 rings (SSSR count). The molecule has 0 aromatic carbocycles. The Morgan fingerprint density at radius 1 is 1.42 bits per heavy atom. The summed E-state index contributed by atoms with van der Waals surface area (Å²) >= 11 is 5.29. The van der Waals surface area contributed by atoms with Crippen LogP contribution in [0.15, 0.2) is 21.3 Å². The number of hydrogen-bond acceptors (Lipinski definition) is 7. The first kappa shape index (κ1) is 24.6. The lowest BCUT2D eigenvalue weighted by Crippen LogP contribution is -2.43. The third kappa shape index (κ3) is 4.84. The highest BCUT2D eigenvalue weighted by Gasteiger charge is 2.59. The molecule has 1 fully saturated rings. The smallest absolute Gasteiger partial charge is 0.330 e. The zero-order chi connectivity index (χ0) is 18.3. The van der Waals surface area contributed by atoms with Gasteiger partial charge in [-0.05, 0) is 6.08 Å². The number of ether oxygens (including phenoxy) is 1. The van der Waals surface area contributed by atoms with E-state index in [9.17, 15) is 37.8 Å². The number of nitrogens with zero attached hydrogens (tertiary/aromatic N) is 1. The van der Waals surface area contributed by atoms with E-state index in [4.69, 9.17) is 16.3 Å². The van der Waals surface area contributed by atoms with E-state index >= 15 is 0 Å². The van der Waals surface area contributed by atoms with Gasteiger partial charge in [0.05, 0.1) is 11.7 Å². The molecule has 15 heteroatoms. The van der Waals surface area contributed by atoms with Crippen LogP contribution >= 0.6 is 19.2 Å². The Kier molecular flexibility index (Phi) is 8.03. The summed E-state index contributed by atoms with van der Waals surface area (Å²) < 4.78 is 44.0. The Hall–Kier alpha value is -1.44. The highest BCUT2D eigenvalue weighted by atomic mass is 35.5. The summed E-state index contributed by atoms with van der Waals surface area (Å²) in [4.78, 5) is 46.5. The van der Waals surface area contributed by atoms with Gasteiger partial charge >= 0.3 is 11.6 Å². The minimum atomic E-state index is -5.26. The molecule has 0 saturated carbocycles. The van der Waals surface area contributed by atoms with Crippen LogP contribution in [0.3, 0.4) is 0 Å². The van der Waals surface area contributed by atoms with Crippen molar-refractivity contribution in [3.63, 3.8) is 0 Å². The highest BCUT2D eigenvalue weighted by molar-refractivity contribution is 7.48. The molecule has 26 heavy (non-hydrogen) atoms. The van der Waals surface area contributed by atoms with E-state index in [1.165, 1.54) is 0 Å². The molecule has 0 unspecified atom stereocenters. The standard InChI is InChI=1S/C11H12ClF2N2O7P.2H3N/c12-2-1-5-3-16(10(19)15-8(5)18)9-11(13,14)7(17)6(23-9)4-24(20,21)22;;/h1-3,6-7,9,17H,4H2,(H,15,18,19)(H2,20,21,22);2*1H3/b2-1+;;/t6-,7-,9-;;/m1../s1. The lowest BCUT2D eigenvalue weighted by Gasteiger charge is -2.32. The van der Waals surface area contributed by atoms with E-state index in [-0.39, 0.29) is 22.4 Å². The van der Waals surface area contributed by atoms with E-state index in [0.29, 0.717) is 6.20 Å². The molecule has 0 aliphatic carbocycles. The van der Waals surface area contributed by atoms with Gasteiger partial charge in [0.1, 0.15) is 6.10 Å². The van der Waals surface area contributed by atoms with Gasteiger partial charge in [0.2, 0.25) is 6.23 Å². The first-order chi connectivity index (χ1) is 11.0. The number of H-pyrrole nitrogens is 1. The van der Waals surface area contributed by atoms with Crippen LogP contribution in [0.2, 0.25) is 0 Å². The van der Waals surface area contributed by atoms with Gasteiger partial charge in [0, 0.05) is 17.9 Å². The molecule has 0 amide bonds. The third-order valence-electron chi connectivity index (χ3n) is 3.27. The predicted molar refractivity (Wildman–Crippen MR) is 85.5 cm³/mol. The summed E-state index contributed by atoms with van der Waals surface area (Å²) in [5.41, 5.74) is -1.55. The van der Waals surface area contributed by atoms with E-state index < -0.39 is 49.4 Å². The van der Waals surface area contributed by atoms with Gasteiger partial charge in [-0.25, -0.2) is 4.79 Å². The first-order valence-corrected chi connectivity index (χ1v) is 8.48. The molecule has 0 bridgehead atoms. The lowest BCUT2D eigenvalue weighted by atomic mass is 10.1. The number of hydrogen-bond donors (Lipinski definition) is 4. The Bertz CT molecular complexity index is 823. The minimum absolute atomic E-state index is 0. The van der Waals surface area contributed by atoms with Crippen molar-refractivity contribution in [2.75, 3.05) is 6.16 Å². The maximum atomic E-state index is 14.1. The monoisotopic (exact) mass is 422 g/mol. The number of aliphatic hydroxyl groups is 1. The molecular weight excluding hydrogens is 405 g/mol.